The predicted molar refractivity (Wildman–Crippen MR) is 55.6 cm³/mol. The van der Waals surface area contributed by atoms with Crippen molar-refractivity contribution in [2.75, 3.05) is 20.0 Å². The van der Waals surface area contributed by atoms with Crippen LogP contribution in [0.4, 0.5) is 0 Å². The van der Waals surface area contributed by atoms with E-state index in [0.717, 1.165) is 0 Å². The second-order valence-electron chi connectivity index (χ2n) is 3.35. The molecule has 2 rings (SSSR count). The van der Waals surface area contributed by atoms with E-state index in [2.05, 4.69) is 4.74 Å². The van der Waals surface area contributed by atoms with Crippen LogP contribution in [-0.2, 0) is 19.1 Å². The highest BCUT2D eigenvalue weighted by atomic mass is 32.2. The minimum atomic E-state index is -0.703. The zero-order chi connectivity index (χ0) is 11.9. The van der Waals surface area contributed by atoms with E-state index in [1.807, 2.05) is 0 Å². The lowest BCUT2D eigenvalue weighted by molar-refractivity contribution is -0.163. The van der Waals surface area contributed by atoms with Gasteiger partial charge in [-0.25, -0.2) is 4.79 Å². The minimum Gasteiger partial charge on any atom is -0.509 e. The van der Waals surface area contributed by atoms with Gasteiger partial charge in [0.25, 0.3) is 5.91 Å². The Morgan fingerprint density at radius 1 is 1.56 bits per heavy atom. The van der Waals surface area contributed by atoms with Crippen molar-refractivity contribution in [2.24, 2.45) is 0 Å². The van der Waals surface area contributed by atoms with Crippen molar-refractivity contribution in [3.05, 3.63) is 11.5 Å². The smallest absolute Gasteiger partial charge is 0.358 e. The number of hydrogen-bond donors (Lipinski definition) is 1. The van der Waals surface area contributed by atoms with Gasteiger partial charge in [0.1, 0.15) is 11.1 Å². The number of rotatable bonds is 2. The van der Waals surface area contributed by atoms with Crippen LogP contribution in [0.2, 0.25) is 0 Å². The van der Waals surface area contributed by atoms with Crippen molar-refractivity contribution in [3.8, 4) is 0 Å². The zero-order valence-electron chi connectivity index (χ0n) is 8.80. The average Bonchev–Trinajstić information content (AvgIpc) is 2.29. The normalized spacial score (nSPS) is 28.6. The van der Waals surface area contributed by atoms with Crippen molar-refractivity contribution in [3.63, 3.8) is 0 Å². The van der Waals surface area contributed by atoms with Gasteiger partial charge in [-0.3, -0.25) is 9.69 Å². The first-order valence-electron chi connectivity index (χ1n) is 4.59. The van der Waals surface area contributed by atoms with Crippen molar-refractivity contribution in [1.29, 1.82) is 0 Å². The molecule has 1 amide bonds. The lowest BCUT2D eigenvalue weighted by atomic mass is 10.1. The Balaban J connectivity index is 2.30. The second kappa shape index (κ2) is 3.99. The third-order valence-electron chi connectivity index (χ3n) is 2.53. The summed E-state index contributed by atoms with van der Waals surface area (Å²) in [5, 5.41) is 9.34. The highest BCUT2D eigenvalue weighted by Gasteiger charge is 2.54. The number of carbonyl (C=O) groups is 2. The third-order valence-corrected chi connectivity index (χ3v) is 3.77. The maximum atomic E-state index is 11.6. The number of methoxy groups -OCH3 is 2. The van der Waals surface area contributed by atoms with Gasteiger partial charge in [0.15, 0.2) is 11.8 Å². The molecule has 2 atom stereocenters. The molecule has 0 aromatic rings. The van der Waals surface area contributed by atoms with E-state index in [1.165, 1.54) is 30.9 Å². The highest BCUT2D eigenvalue weighted by molar-refractivity contribution is 8.00. The molecule has 0 spiro atoms. The summed E-state index contributed by atoms with van der Waals surface area (Å²) >= 11 is 1.35. The number of fused-ring (bicyclic) bond motifs is 1. The molecule has 0 aromatic heterocycles. The summed E-state index contributed by atoms with van der Waals surface area (Å²) in [6, 6.07) is 0. The van der Waals surface area contributed by atoms with E-state index in [0.29, 0.717) is 0 Å². The number of aliphatic hydroxyl groups excluding tert-OH is 1. The van der Waals surface area contributed by atoms with Gasteiger partial charge in [-0.05, 0) is 0 Å². The van der Waals surface area contributed by atoms with Gasteiger partial charge >= 0.3 is 5.97 Å². The van der Waals surface area contributed by atoms with Crippen LogP contribution >= 0.6 is 11.8 Å². The van der Waals surface area contributed by atoms with E-state index in [9.17, 15) is 14.7 Å². The Hall–Kier alpha value is -1.21. The largest absolute Gasteiger partial charge is 0.509 e. The van der Waals surface area contributed by atoms with Crippen LogP contribution in [-0.4, -0.2) is 53.3 Å². The van der Waals surface area contributed by atoms with Gasteiger partial charge in [0.2, 0.25) is 0 Å². The van der Waals surface area contributed by atoms with Crippen LogP contribution in [0.1, 0.15) is 0 Å². The van der Waals surface area contributed by atoms with Crippen molar-refractivity contribution >= 4 is 23.6 Å². The third kappa shape index (κ3) is 1.39. The number of carbonyl (C=O) groups excluding carboxylic acids is 2. The fourth-order valence-corrected chi connectivity index (χ4v) is 2.96. The molecule has 1 unspecified atom stereocenters. The first-order chi connectivity index (χ1) is 7.61. The quantitative estimate of drug-likeness (QED) is 0.539. The molecule has 1 saturated heterocycles. The van der Waals surface area contributed by atoms with Crippen molar-refractivity contribution < 1.29 is 24.2 Å². The molecule has 0 aromatic carbocycles. The molecule has 7 heteroatoms. The first kappa shape index (κ1) is 11.3. The van der Waals surface area contributed by atoms with Gasteiger partial charge < -0.3 is 14.6 Å². The molecule has 1 fully saturated rings. The molecule has 2 heterocycles. The molecule has 88 valence electrons. The SMILES string of the molecule is COC(=O)C1=C(O)CSC2[C@@H](OC)C(=O)N12. The number of aliphatic hydroxyl groups is 1. The van der Waals surface area contributed by atoms with E-state index >= 15 is 0 Å². The van der Waals surface area contributed by atoms with Crippen molar-refractivity contribution in [2.45, 2.75) is 11.5 Å². The Morgan fingerprint density at radius 2 is 2.25 bits per heavy atom. The molecule has 0 aliphatic carbocycles. The van der Waals surface area contributed by atoms with Gasteiger partial charge in [0, 0.05) is 7.11 Å². The molecule has 0 bridgehead atoms. The topological polar surface area (TPSA) is 76.1 Å². The summed E-state index contributed by atoms with van der Waals surface area (Å²) in [5.41, 5.74) is -0.0652. The molecule has 1 N–H and O–H groups in total. The van der Waals surface area contributed by atoms with E-state index in [1.54, 1.807) is 0 Å². The first-order valence-corrected chi connectivity index (χ1v) is 5.64. The minimum absolute atomic E-state index is 0.0652. The fraction of sp³-hybridized carbons (Fsp3) is 0.556. The lowest BCUT2D eigenvalue weighted by Gasteiger charge is -2.47. The van der Waals surface area contributed by atoms with E-state index < -0.39 is 12.1 Å². The van der Waals surface area contributed by atoms with Crippen LogP contribution in [0.25, 0.3) is 0 Å². The molecule has 2 aliphatic heterocycles. The van der Waals surface area contributed by atoms with Gasteiger partial charge in [-0.15, -0.1) is 11.8 Å². The number of amides is 1. The summed E-state index contributed by atoms with van der Waals surface area (Å²) in [7, 11) is 2.65. The molecular weight excluding hydrogens is 234 g/mol. The Labute approximate surface area is 96.2 Å². The number of nitrogens with zero attached hydrogens (tertiary/aromatic N) is 1. The van der Waals surface area contributed by atoms with Gasteiger partial charge in [0.05, 0.1) is 12.9 Å². The highest BCUT2D eigenvalue weighted by Crippen LogP contribution is 2.40. The Kier molecular flexibility index (Phi) is 2.81. The summed E-state index contributed by atoms with van der Waals surface area (Å²) in [4.78, 5) is 24.3. The Bertz CT molecular complexity index is 380. The monoisotopic (exact) mass is 245 g/mol. The predicted octanol–water partition coefficient (Wildman–Crippen LogP) is -0.141. The van der Waals surface area contributed by atoms with E-state index in [-0.39, 0.29) is 28.5 Å². The van der Waals surface area contributed by atoms with Crippen LogP contribution in [0.3, 0.4) is 0 Å². The fourth-order valence-electron chi connectivity index (χ4n) is 1.74. The molecule has 0 radical (unpaired) electrons. The summed E-state index contributed by atoms with van der Waals surface area (Å²) in [5.74, 6) is -0.882. The standard InChI is InChI=1S/C9H11NO5S/c1-14-6-7(12)10-5(9(13)15-2)4(11)3-16-8(6)10/h6,8,11H,3H2,1-2H3/t6-,8?/m0/s1. The van der Waals surface area contributed by atoms with Gasteiger partial charge in [-0.1, -0.05) is 0 Å². The number of esters is 1. The maximum Gasteiger partial charge on any atom is 0.358 e. The second-order valence-corrected chi connectivity index (χ2v) is 4.46. The van der Waals surface area contributed by atoms with Crippen LogP contribution < -0.4 is 0 Å². The number of hydrogen-bond acceptors (Lipinski definition) is 6. The zero-order valence-corrected chi connectivity index (χ0v) is 9.61. The molecule has 2 aliphatic rings. The lowest BCUT2D eigenvalue weighted by Crippen LogP contribution is -2.65. The van der Waals surface area contributed by atoms with Crippen LogP contribution in [0.15, 0.2) is 11.5 Å². The molecule has 16 heavy (non-hydrogen) atoms. The summed E-state index contributed by atoms with van der Waals surface area (Å²) < 4.78 is 9.53. The maximum absolute atomic E-state index is 11.6. The van der Waals surface area contributed by atoms with Crippen LogP contribution in [0, 0.1) is 0 Å². The number of β-lactam (4-membered cyclic amide) rings is 1. The van der Waals surface area contributed by atoms with Gasteiger partial charge in [-0.2, -0.15) is 0 Å². The van der Waals surface area contributed by atoms with Crippen LogP contribution in [0.5, 0.6) is 0 Å². The summed E-state index contributed by atoms with van der Waals surface area (Å²) in [6.07, 6.45) is -0.544. The van der Waals surface area contributed by atoms with Crippen molar-refractivity contribution in [1.82, 2.24) is 4.90 Å². The van der Waals surface area contributed by atoms with E-state index in [4.69, 9.17) is 4.74 Å². The molecular formula is C9H11NO5S. The number of thioether (sulfide) groups is 1. The molecule has 0 saturated carbocycles. The average molecular weight is 245 g/mol. The number of ether oxygens (including phenoxy) is 2. The molecule has 6 nitrogen and oxygen atoms in total. The Morgan fingerprint density at radius 3 is 2.81 bits per heavy atom. The summed E-state index contributed by atoms with van der Waals surface area (Å²) in [6.45, 7) is 0.